The number of halogens is 1. The molecule has 2 nitrogen and oxygen atoms in total. The lowest BCUT2D eigenvalue weighted by molar-refractivity contribution is 0.0853. The van der Waals surface area contributed by atoms with E-state index in [9.17, 15) is 4.21 Å². The summed E-state index contributed by atoms with van der Waals surface area (Å²) in [5.74, 6) is 0.800. The quantitative estimate of drug-likeness (QED) is 0.117. The van der Waals surface area contributed by atoms with Gasteiger partial charge in [-0.05, 0) is 60.0 Å². The fourth-order valence-electron chi connectivity index (χ4n) is 6.10. The first kappa shape index (κ1) is 26.8. The molecular formula is C32H35IO2SSi. The highest BCUT2D eigenvalue weighted by molar-refractivity contribution is 14.1. The van der Waals surface area contributed by atoms with Crippen molar-refractivity contribution in [1.82, 2.24) is 0 Å². The van der Waals surface area contributed by atoms with Crippen molar-refractivity contribution in [2.45, 2.75) is 37.5 Å². The Hall–Kier alpha value is -1.80. The van der Waals surface area contributed by atoms with Crippen LogP contribution in [0.1, 0.15) is 32.6 Å². The Morgan fingerprint density at radius 2 is 1.54 bits per heavy atom. The summed E-state index contributed by atoms with van der Waals surface area (Å²) in [6, 6.07) is 31.6. The molecule has 37 heavy (non-hydrogen) atoms. The zero-order valence-corrected chi connectivity index (χ0v) is 25.4. The minimum absolute atomic E-state index is 0.0505. The van der Waals surface area contributed by atoms with Crippen molar-refractivity contribution in [3.05, 3.63) is 114 Å². The van der Waals surface area contributed by atoms with E-state index in [1.165, 1.54) is 15.9 Å². The van der Waals surface area contributed by atoms with Gasteiger partial charge in [-0.15, -0.1) is 0 Å². The van der Waals surface area contributed by atoms with E-state index in [-0.39, 0.29) is 5.41 Å². The largest absolute Gasteiger partial charge is 0.406 e. The van der Waals surface area contributed by atoms with Gasteiger partial charge in [-0.3, -0.25) is 0 Å². The Morgan fingerprint density at radius 3 is 2.14 bits per heavy atom. The summed E-state index contributed by atoms with van der Waals surface area (Å²) in [6.07, 6.45) is 9.18. The summed E-state index contributed by atoms with van der Waals surface area (Å²) >= 11 is 2.55. The molecular weight excluding hydrogens is 603 g/mol. The molecule has 0 bridgehead atoms. The van der Waals surface area contributed by atoms with Crippen molar-refractivity contribution >= 4 is 52.1 Å². The van der Waals surface area contributed by atoms with Crippen molar-refractivity contribution in [1.29, 1.82) is 0 Å². The molecule has 0 saturated heterocycles. The number of rotatable bonds is 8. The normalized spacial score (nSPS) is 25.5. The highest BCUT2D eigenvalue weighted by Crippen LogP contribution is 2.52. The van der Waals surface area contributed by atoms with Crippen molar-refractivity contribution in [2.75, 3.05) is 10.7 Å². The van der Waals surface area contributed by atoms with E-state index in [0.29, 0.717) is 18.4 Å². The van der Waals surface area contributed by atoms with Gasteiger partial charge in [-0.2, -0.15) is 0 Å². The van der Waals surface area contributed by atoms with Gasteiger partial charge in [-0.1, -0.05) is 126 Å². The van der Waals surface area contributed by atoms with Gasteiger partial charge in [0.2, 0.25) is 0 Å². The van der Waals surface area contributed by atoms with Crippen LogP contribution in [0, 0.1) is 17.3 Å². The third kappa shape index (κ3) is 5.51. The van der Waals surface area contributed by atoms with Gasteiger partial charge in [0.25, 0.3) is 8.32 Å². The molecule has 4 atom stereocenters. The molecule has 0 amide bonds. The number of hydrogen-bond donors (Lipinski definition) is 0. The third-order valence-electron chi connectivity index (χ3n) is 8.25. The lowest BCUT2D eigenvalue weighted by Crippen LogP contribution is -2.64. The van der Waals surface area contributed by atoms with E-state index in [0.717, 1.165) is 34.6 Å². The van der Waals surface area contributed by atoms with Crippen molar-refractivity contribution in [3.8, 4) is 0 Å². The van der Waals surface area contributed by atoms with Gasteiger partial charge in [0, 0.05) is 26.4 Å². The third-order valence-corrected chi connectivity index (χ3v) is 16.2. The molecule has 0 spiro atoms. The van der Waals surface area contributed by atoms with E-state index in [1.807, 2.05) is 30.3 Å². The van der Waals surface area contributed by atoms with E-state index in [4.69, 9.17) is 4.43 Å². The lowest BCUT2D eigenvalue weighted by atomic mass is 9.58. The van der Waals surface area contributed by atoms with Crippen LogP contribution in [-0.4, -0.2) is 23.2 Å². The molecule has 2 aliphatic carbocycles. The summed E-state index contributed by atoms with van der Waals surface area (Å²) in [4.78, 5) is 0.880. The summed E-state index contributed by atoms with van der Waals surface area (Å²) in [7, 11) is -3.57. The molecule has 5 rings (SSSR count). The second kappa shape index (κ2) is 11.9. The van der Waals surface area contributed by atoms with E-state index < -0.39 is 19.1 Å². The van der Waals surface area contributed by atoms with Crippen LogP contribution in [0.5, 0.6) is 0 Å². The minimum Gasteiger partial charge on any atom is -0.406 e. The average Bonchev–Trinajstić information content (AvgIpc) is 2.97. The topological polar surface area (TPSA) is 26.3 Å². The Kier molecular flexibility index (Phi) is 8.64. The first-order valence-corrected chi connectivity index (χ1v) is 18.1. The molecule has 0 heterocycles. The van der Waals surface area contributed by atoms with Crippen LogP contribution in [0.15, 0.2) is 119 Å². The minimum atomic E-state index is -2.44. The first-order chi connectivity index (χ1) is 18.1. The van der Waals surface area contributed by atoms with Gasteiger partial charge in [0.15, 0.2) is 0 Å². The molecule has 1 saturated carbocycles. The standard InChI is InChI=1S/C32H35IO2SSi/c1-26-20-22-32(21-12-11-19-31(32)30(26)23-36(34)27-13-5-2-6-14-27)24-35-37(25-33,28-15-7-3-8-16-28)29-17-9-4-10-18-29/h2-10,12-18,21,23,26,31H,11,19-20,22,24-25H2,1H3/b30-23-/t26-,31+,32-,36?/m0/s1. The molecule has 0 N–H and O–H groups in total. The summed E-state index contributed by atoms with van der Waals surface area (Å²) in [5.41, 5.74) is 1.31. The van der Waals surface area contributed by atoms with Crippen LogP contribution < -0.4 is 10.4 Å². The van der Waals surface area contributed by atoms with Gasteiger partial charge in [-0.25, -0.2) is 4.21 Å². The molecule has 0 aromatic heterocycles. The molecule has 1 fully saturated rings. The van der Waals surface area contributed by atoms with E-state index in [1.54, 1.807) is 0 Å². The molecule has 0 radical (unpaired) electrons. The van der Waals surface area contributed by atoms with E-state index in [2.05, 4.69) is 108 Å². The predicted octanol–water partition coefficient (Wildman–Crippen LogP) is 6.81. The average molecular weight is 639 g/mol. The predicted molar refractivity (Wildman–Crippen MR) is 166 cm³/mol. The molecule has 3 aromatic rings. The smallest absolute Gasteiger partial charge is 0.265 e. The van der Waals surface area contributed by atoms with Crippen molar-refractivity contribution in [2.24, 2.45) is 17.3 Å². The summed E-state index contributed by atoms with van der Waals surface area (Å²) < 4.78 is 21.6. The molecule has 1 unspecified atom stereocenters. The fourth-order valence-corrected chi connectivity index (χ4v) is 13.6. The second-order valence-corrected chi connectivity index (χ2v) is 17.4. The van der Waals surface area contributed by atoms with Crippen molar-refractivity contribution in [3.63, 3.8) is 0 Å². The maximum absolute atomic E-state index is 13.4. The van der Waals surface area contributed by atoms with Crippen LogP contribution in [0.3, 0.4) is 0 Å². The molecule has 2 aliphatic rings. The van der Waals surface area contributed by atoms with Gasteiger partial charge < -0.3 is 4.43 Å². The maximum atomic E-state index is 13.4. The second-order valence-electron chi connectivity index (χ2n) is 10.4. The van der Waals surface area contributed by atoms with Gasteiger partial charge >= 0.3 is 0 Å². The number of hydrogen-bond acceptors (Lipinski definition) is 2. The van der Waals surface area contributed by atoms with Crippen LogP contribution in [-0.2, 0) is 15.2 Å². The maximum Gasteiger partial charge on any atom is 0.265 e. The van der Waals surface area contributed by atoms with Crippen LogP contribution in [0.2, 0.25) is 0 Å². The molecule has 192 valence electrons. The number of allylic oxidation sites excluding steroid dienone is 2. The van der Waals surface area contributed by atoms with Gasteiger partial charge in [0.1, 0.15) is 0 Å². The van der Waals surface area contributed by atoms with Crippen LogP contribution >= 0.6 is 22.6 Å². The first-order valence-electron chi connectivity index (χ1n) is 13.2. The Balaban J connectivity index is 1.50. The van der Waals surface area contributed by atoms with Crippen LogP contribution in [0.4, 0.5) is 0 Å². The number of benzene rings is 3. The SMILES string of the molecule is C[C@H]1CC[C@]2(CO[Si](CI)(c3ccccc3)c3ccccc3)C=CCC[C@@H]2/C1=C\S(=O)c1ccccc1. The fraction of sp³-hybridized carbons (Fsp3) is 0.312. The Labute approximate surface area is 239 Å². The van der Waals surface area contributed by atoms with Crippen molar-refractivity contribution < 1.29 is 8.63 Å². The molecule has 0 aliphatic heterocycles. The van der Waals surface area contributed by atoms with Crippen LogP contribution in [0.25, 0.3) is 0 Å². The number of alkyl halides is 1. The Morgan fingerprint density at radius 1 is 0.946 bits per heavy atom. The molecule has 5 heteroatoms. The van der Waals surface area contributed by atoms with Gasteiger partial charge in [0.05, 0.1) is 10.8 Å². The summed E-state index contributed by atoms with van der Waals surface area (Å²) in [5, 5.41) is 4.73. The highest BCUT2D eigenvalue weighted by Gasteiger charge is 2.48. The molecule has 3 aromatic carbocycles. The Bertz CT molecular complexity index is 1220. The lowest BCUT2D eigenvalue weighted by Gasteiger charge is -2.49. The summed E-state index contributed by atoms with van der Waals surface area (Å²) in [6.45, 7) is 3.02. The highest BCUT2D eigenvalue weighted by atomic mass is 127. The monoisotopic (exact) mass is 638 g/mol. The number of fused-ring (bicyclic) bond motifs is 1. The van der Waals surface area contributed by atoms with E-state index >= 15 is 0 Å². The zero-order valence-electron chi connectivity index (χ0n) is 21.4. The zero-order chi connectivity index (χ0) is 25.7.